The van der Waals surface area contributed by atoms with Crippen molar-refractivity contribution in [2.24, 2.45) is 0 Å². The fourth-order valence-electron chi connectivity index (χ4n) is 1.55. The number of amides is 2. The van der Waals surface area contributed by atoms with Crippen molar-refractivity contribution in [2.75, 3.05) is 10.6 Å². The predicted molar refractivity (Wildman–Crippen MR) is 68.3 cm³/mol. The second-order valence-electron chi connectivity index (χ2n) is 4.01. The molecule has 0 fully saturated rings. The average Bonchev–Trinajstić information content (AvgIpc) is 2.41. The van der Waals surface area contributed by atoms with Crippen LogP contribution in [0.3, 0.4) is 0 Å². The van der Waals surface area contributed by atoms with Gasteiger partial charge < -0.3 is 10.6 Å². The Morgan fingerprint density at radius 1 is 1.10 bits per heavy atom. The van der Waals surface area contributed by atoms with Gasteiger partial charge in [-0.3, -0.25) is 4.98 Å². The fraction of sp³-hybridized carbons (Fsp3) is 0.0769. The molecule has 0 aliphatic rings. The third kappa shape index (κ3) is 3.91. The van der Waals surface area contributed by atoms with Crippen molar-refractivity contribution < 1.29 is 22.4 Å². The highest BCUT2D eigenvalue weighted by Gasteiger charge is 2.34. The third-order valence-corrected chi connectivity index (χ3v) is 2.45. The summed E-state index contributed by atoms with van der Waals surface area (Å²) >= 11 is 0. The Morgan fingerprint density at radius 2 is 1.81 bits per heavy atom. The number of rotatable bonds is 2. The predicted octanol–water partition coefficient (Wildman–Crippen LogP) is 3.88. The van der Waals surface area contributed by atoms with E-state index in [0.29, 0.717) is 17.8 Å². The summed E-state index contributed by atoms with van der Waals surface area (Å²) in [7, 11) is 0. The second-order valence-corrected chi connectivity index (χ2v) is 4.01. The number of carbonyl (C=O) groups excluding carboxylic acids is 1. The molecule has 0 spiro atoms. The number of anilines is 2. The molecule has 0 aliphatic carbocycles. The molecule has 2 amide bonds. The van der Waals surface area contributed by atoms with E-state index in [2.05, 4.69) is 15.6 Å². The van der Waals surface area contributed by atoms with Gasteiger partial charge in [0.25, 0.3) is 0 Å². The molecule has 110 valence electrons. The number of hydrogen-bond acceptors (Lipinski definition) is 2. The van der Waals surface area contributed by atoms with Crippen LogP contribution in [0.2, 0.25) is 0 Å². The maximum Gasteiger partial charge on any atom is 0.419 e. The quantitative estimate of drug-likeness (QED) is 0.827. The van der Waals surface area contributed by atoms with Gasteiger partial charge in [-0.05, 0) is 30.3 Å². The lowest BCUT2D eigenvalue weighted by atomic mass is 10.2. The summed E-state index contributed by atoms with van der Waals surface area (Å²) in [4.78, 5) is 15.4. The van der Waals surface area contributed by atoms with Crippen LogP contribution in [0.5, 0.6) is 0 Å². The Bertz CT molecular complexity index is 644. The molecule has 0 saturated heterocycles. The van der Waals surface area contributed by atoms with E-state index >= 15 is 0 Å². The van der Waals surface area contributed by atoms with E-state index in [9.17, 15) is 22.4 Å². The Balaban J connectivity index is 2.11. The maximum atomic E-state index is 13.1. The lowest BCUT2D eigenvalue weighted by Crippen LogP contribution is -2.20. The van der Waals surface area contributed by atoms with Gasteiger partial charge in [0.1, 0.15) is 5.82 Å². The van der Waals surface area contributed by atoms with Crippen LogP contribution in [0.25, 0.3) is 0 Å². The number of alkyl halides is 3. The van der Waals surface area contributed by atoms with Crippen LogP contribution in [-0.2, 0) is 6.18 Å². The highest BCUT2D eigenvalue weighted by Crippen LogP contribution is 2.32. The van der Waals surface area contributed by atoms with Crippen molar-refractivity contribution in [1.82, 2.24) is 4.98 Å². The first-order valence-corrected chi connectivity index (χ1v) is 5.71. The number of nitrogens with one attached hydrogen (secondary N) is 2. The summed E-state index contributed by atoms with van der Waals surface area (Å²) in [6.45, 7) is 0. The molecule has 1 aromatic heterocycles. The SMILES string of the molecule is O=C(Nc1cccnc1)Nc1ccc(F)c(C(F)(F)F)c1. The Labute approximate surface area is 116 Å². The molecule has 0 bridgehead atoms. The number of urea groups is 1. The van der Waals surface area contributed by atoms with Crippen molar-refractivity contribution in [2.45, 2.75) is 6.18 Å². The molecule has 1 aromatic carbocycles. The number of hydrogen-bond donors (Lipinski definition) is 2. The van der Waals surface area contributed by atoms with Crippen LogP contribution in [0.1, 0.15) is 5.56 Å². The summed E-state index contributed by atoms with van der Waals surface area (Å²) in [5.41, 5.74) is -1.25. The van der Waals surface area contributed by atoms with Crippen LogP contribution >= 0.6 is 0 Å². The van der Waals surface area contributed by atoms with Crippen molar-refractivity contribution >= 4 is 17.4 Å². The minimum absolute atomic E-state index is 0.176. The zero-order valence-corrected chi connectivity index (χ0v) is 10.4. The normalized spacial score (nSPS) is 11.0. The van der Waals surface area contributed by atoms with Crippen molar-refractivity contribution in [3.63, 3.8) is 0 Å². The number of nitrogens with zero attached hydrogens (tertiary/aromatic N) is 1. The third-order valence-electron chi connectivity index (χ3n) is 2.45. The standard InChI is InChI=1S/C13H9F4N3O/c14-11-4-3-8(6-10(11)13(15,16)17)19-12(21)20-9-2-1-5-18-7-9/h1-7H,(H2,19,20,21). The molecule has 0 aliphatic heterocycles. The molecule has 21 heavy (non-hydrogen) atoms. The molecule has 8 heteroatoms. The molecular formula is C13H9F4N3O. The summed E-state index contributed by atoms with van der Waals surface area (Å²) in [5, 5.41) is 4.56. The molecule has 0 unspecified atom stereocenters. The lowest BCUT2D eigenvalue weighted by Gasteiger charge is -2.11. The molecule has 2 rings (SSSR count). The topological polar surface area (TPSA) is 54.0 Å². The molecule has 0 saturated carbocycles. The fourth-order valence-corrected chi connectivity index (χ4v) is 1.55. The number of halogens is 4. The van der Waals surface area contributed by atoms with Gasteiger partial charge in [-0.2, -0.15) is 13.2 Å². The van der Waals surface area contributed by atoms with Crippen LogP contribution in [0.15, 0.2) is 42.7 Å². The Morgan fingerprint density at radius 3 is 2.43 bits per heavy atom. The zero-order valence-electron chi connectivity index (χ0n) is 10.4. The monoisotopic (exact) mass is 299 g/mol. The maximum absolute atomic E-state index is 13.1. The van der Waals surface area contributed by atoms with Gasteiger partial charge in [0.15, 0.2) is 0 Å². The second kappa shape index (κ2) is 5.78. The minimum Gasteiger partial charge on any atom is -0.308 e. The summed E-state index contributed by atoms with van der Waals surface area (Å²) in [5.74, 6) is -1.40. The molecule has 1 heterocycles. The first-order valence-electron chi connectivity index (χ1n) is 5.71. The number of pyridine rings is 1. The number of aromatic nitrogens is 1. The minimum atomic E-state index is -4.83. The molecule has 4 nitrogen and oxygen atoms in total. The van der Waals surface area contributed by atoms with Gasteiger partial charge >= 0.3 is 12.2 Å². The van der Waals surface area contributed by atoms with E-state index < -0.39 is 23.6 Å². The summed E-state index contributed by atoms with van der Waals surface area (Å²) in [6.07, 6.45) is -1.97. The molecule has 0 atom stereocenters. The van der Waals surface area contributed by atoms with E-state index in [-0.39, 0.29) is 5.69 Å². The Kier molecular flexibility index (Phi) is 4.06. The summed E-state index contributed by atoms with van der Waals surface area (Å²) in [6, 6.07) is 4.57. The lowest BCUT2D eigenvalue weighted by molar-refractivity contribution is -0.139. The Hall–Kier alpha value is -2.64. The van der Waals surface area contributed by atoms with Gasteiger partial charge in [-0.1, -0.05) is 0 Å². The molecule has 2 aromatic rings. The number of carbonyl (C=O) groups is 1. The first-order chi connectivity index (χ1) is 9.86. The van der Waals surface area contributed by atoms with Crippen molar-refractivity contribution in [1.29, 1.82) is 0 Å². The average molecular weight is 299 g/mol. The van der Waals surface area contributed by atoms with E-state index in [0.717, 1.165) is 6.07 Å². The van der Waals surface area contributed by atoms with Crippen LogP contribution < -0.4 is 10.6 Å². The van der Waals surface area contributed by atoms with E-state index in [4.69, 9.17) is 0 Å². The van der Waals surface area contributed by atoms with E-state index in [1.54, 1.807) is 12.1 Å². The van der Waals surface area contributed by atoms with Crippen LogP contribution in [-0.4, -0.2) is 11.0 Å². The molecular weight excluding hydrogens is 290 g/mol. The summed E-state index contributed by atoms with van der Waals surface area (Å²) < 4.78 is 50.7. The van der Waals surface area contributed by atoms with Gasteiger partial charge in [-0.25, -0.2) is 9.18 Å². The van der Waals surface area contributed by atoms with Crippen molar-refractivity contribution in [3.8, 4) is 0 Å². The number of benzene rings is 1. The van der Waals surface area contributed by atoms with Gasteiger partial charge in [0.2, 0.25) is 0 Å². The smallest absolute Gasteiger partial charge is 0.308 e. The van der Waals surface area contributed by atoms with Gasteiger partial charge in [-0.15, -0.1) is 0 Å². The van der Waals surface area contributed by atoms with Gasteiger partial charge in [0, 0.05) is 11.9 Å². The van der Waals surface area contributed by atoms with E-state index in [1.165, 1.54) is 12.4 Å². The van der Waals surface area contributed by atoms with Crippen LogP contribution in [0.4, 0.5) is 33.7 Å². The van der Waals surface area contributed by atoms with Crippen LogP contribution in [0, 0.1) is 5.82 Å². The van der Waals surface area contributed by atoms with Gasteiger partial charge in [0.05, 0.1) is 17.4 Å². The first kappa shape index (κ1) is 14.8. The van der Waals surface area contributed by atoms with E-state index in [1.807, 2.05) is 0 Å². The highest BCUT2D eigenvalue weighted by atomic mass is 19.4. The zero-order chi connectivity index (χ0) is 15.5. The molecule has 0 radical (unpaired) electrons. The largest absolute Gasteiger partial charge is 0.419 e. The highest BCUT2D eigenvalue weighted by molar-refractivity contribution is 5.99. The van der Waals surface area contributed by atoms with Crippen molar-refractivity contribution in [3.05, 3.63) is 54.1 Å². The molecule has 2 N–H and O–H groups in total.